The van der Waals surface area contributed by atoms with Crippen molar-refractivity contribution in [2.24, 2.45) is 0 Å². The van der Waals surface area contributed by atoms with E-state index in [1.807, 2.05) is 6.92 Å². The van der Waals surface area contributed by atoms with Crippen molar-refractivity contribution in [3.8, 4) is 0 Å². The van der Waals surface area contributed by atoms with E-state index >= 15 is 0 Å². The van der Waals surface area contributed by atoms with Gasteiger partial charge in [-0.15, -0.1) is 0 Å². The highest BCUT2D eigenvalue weighted by molar-refractivity contribution is 7.89. The van der Waals surface area contributed by atoms with Crippen LogP contribution in [0, 0.1) is 5.82 Å². The number of hydrogen-bond donors (Lipinski definition) is 0. The highest BCUT2D eigenvalue weighted by Crippen LogP contribution is 2.22. The predicted octanol–water partition coefficient (Wildman–Crippen LogP) is 2.37. The van der Waals surface area contributed by atoms with Gasteiger partial charge in [-0.25, -0.2) is 17.1 Å². The van der Waals surface area contributed by atoms with Crippen molar-refractivity contribution in [2.75, 3.05) is 31.9 Å². The van der Waals surface area contributed by atoms with E-state index in [0.717, 1.165) is 0 Å². The third-order valence-corrected chi connectivity index (χ3v) is 6.17. The quantitative estimate of drug-likeness (QED) is 0.826. The standard InChI is InChI=1S/C15H20ClFN2O3S/c1-2-11-23(21,22)19-8-4-7-18(9-10-19)15(20)14-12(16)5-3-6-13(14)17/h3,5-6H,2,4,7-11H2,1H3. The van der Waals surface area contributed by atoms with Gasteiger partial charge in [0.1, 0.15) is 5.82 Å². The number of carbonyl (C=O) groups excluding carboxylic acids is 1. The molecule has 0 aromatic heterocycles. The topological polar surface area (TPSA) is 57.7 Å². The minimum atomic E-state index is -3.29. The van der Waals surface area contributed by atoms with Crippen LogP contribution in [0.3, 0.4) is 0 Å². The van der Waals surface area contributed by atoms with Gasteiger partial charge in [-0.1, -0.05) is 24.6 Å². The molecule has 1 aromatic rings. The summed E-state index contributed by atoms with van der Waals surface area (Å²) < 4.78 is 39.6. The lowest BCUT2D eigenvalue weighted by Gasteiger charge is -2.22. The highest BCUT2D eigenvalue weighted by Gasteiger charge is 2.28. The van der Waals surface area contributed by atoms with Crippen LogP contribution in [-0.4, -0.2) is 55.5 Å². The molecule has 0 spiro atoms. The summed E-state index contributed by atoms with van der Waals surface area (Å²) in [6.07, 6.45) is 1.06. The van der Waals surface area contributed by atoms with Gasteiger partial charge in [-0.05, 0) is 25.0 Å². The van der Waals surface area contributed by atoms with E-state index in [2.05, 4.69) is 0 Å². The van der Waals surface area contributed by atoms with Gasteiger partial charge < -0.3 is 4.90 Å². The van der Waals surface area contributed by atoms with E-state index in [1.54, 1.807) is 0 Å². The maximum atomic E-state index is 13.9. The van der Waals surface area contributed by atoms with Crippen LogP contribution in [0.15, 0.2) is 18.2 Å². The fourth-order valence-electron chi connectivity index (χ4n) is 2.62. The first-order valence-corrected chi connectivity index (χ1v) is 9.56. The van der Waals surface area contributed by atoms with Crippen LogP contribution in [-0.2, 0) is 10.0 Å². The van der Waals surface area contributed by atoms with Crippen LogP contribution in [0.2, 0.25) is 5.02 Å². The first-order valence-electron chi connectivity index (χ1n) is 7.58. The van der Waals surface area contributed by atoms with Crippen LogP contribution in [0.25, 0.3) is 0 Å². The summed E-state index contributed by atoms with van der Waals surface area (Å²) in [4.78, 5) is 14.0. The van der Waals surface area contributed by atoms with Crippen molar-refractivity contribution in [3.05, 3.63) is 34.6 Å². The van der Waals surface area contributed by atoms with Gasteiger partial charge in [-0.2, -0.15) is 0 Å². The van der Waals surface area contributed by atoms with E-state index in [-0.39, 0.29) is 29.4 Å². The van der Waals surface area contributed by atoms with Crippen molar-refractivity contribution in [1.82, 2.24) is 9.21 Å². The average molecular weight is 363 g/mol. The first kappa shape index (κ1) is 18.2. The lowest BCUT2D eigenvalue weighted by atomic mass is 10.1. The zero-order chi connectivity index (χ0) is 17.0. The van der Waals surface area contributed by atoms with E-state index in [0.29, 0.717) is 25.9 Å². The molecule has 0 bridgehead atoms. The minimum Gasteiger partial charge on any atom is -0.337 e. The summed E-state index contributed by atoms with van der Waals surface area (Å²) in [5.74, 6) is -1.06. The second-order valence-corrected chi connectivity index (χ2v) is 7.95. The van der Waals surface area contributed by atoms with Gasteiger partial charge in [0.05, 0.1) is 16.3 Å². The van der Waals surface area contributed by atoms with Crippen LogP contribution in [0.5, 0.6) is 0 Å². The number of benzene rings is 1. The van der Waals surface area contributed by atoms with Gasteiger partial charge in [0.25, 0.3) is 5.91 Å². The van der Waals surface area contributed by atoms with E-state index < -0.39 is 21.7 Å². The number of nitrogens with zero attached hydrogens (tertiary/aromatic N) is 2. The molecular formula is C15H20ClFN2O3S. The molecule has 0 N–H and O–H groups in total. The molecule has 1 heterocycles. The molecule has 128 valence electrons. The SMILES string of the molecule is CCCS(=O)(=O)N1CCCN(C(=O)c2c(F)cccc2Cl)CC1. The largest absolute Gasteiger partial charge is 0.337 e. The van der Waals surface area contributed by atoms with Gasteiger partial charge in [0.2, 0.25) is 10.0 Å². The molecule has 0 unspecified atom stereocenters. The summed E-state index contributed by atoms with van der Waals surface area (Å²) in [5.41, 5.74) is -0.154. The van der Waals surface area contributed by atoms with Crippen molar-refractivity contribution in [1.29, 1.82) is 0 Å². The lowest BCUT2D eigenvalue weighted by molar-refractivity contribution is 0.0759. The Morgan fingerprint density at radius 2 is 2.00 bits per heavy atom. The molecule has 1 fully saturated rings. The Labute approximate surface area is 141 Å². The fraction of sp³-hybridized carbons (Fsp3) is 0.533. The van der Waals surface area contributed by atoms with Gasteiger partial charge in [0, 0.05) is 26.2 Å². The summed E-state index contributed by atoms with van der Waals surface area (Å²) in [7, 11) is -3.29. The van der Waals surface area contributed by atoms with Crippen molar-refractivity contribution >= 4 is 27.5 Å². The molecule has 1 saturated heterocycles. The Balaban J connectivity index is 2.13. The predicted molar refractivity (Wildman–Crippen MR) is 87.6 cm³/mol. The van der Waals surface area contributed by atoms with Gasteiger partial charge >= 0.3 is 0 Å². The van der Waals surface area contributed by atoms with E-state index in [9.17, 15) is 17.6 Å². The number of hydrogen-bond acceptors (Lipinski definition) is 3. The maximum Gasteiger partial charge on any atom is 0.258 e. The van der Waals surface area contributed by atoms with Crippen molar-refractivity contribution < 1.29 is 17.6 Å². The van der Waals surface area contributed by atoms with E-state index in [4.69, 9.17) is 11.6 Å². The lowest BCUT2D eigenvalue weighted by Crippen LogP contribution is -2.38. The van der Waals surface area contributed by atoms with Crippen LogP contribution < -0.4 is 0 Å². The molecule has 0 aliphatic carbocycles. The molecule has 1 aliphatic rings. The van der Waals surface area contributed by atoms with Gasteiger partial charge in [-0.3, -0.25) is 4.79 Å². The molecule has 0 atom stereocenters. The number of amides is 1. The van der Waals surface area contributed by atoms with Crippen molar-refractivity contribution in [2.45, 2.75) is 19.8 Å². The van der Waals surface area contributed by atoms with Gasteiger partial charge in [0.15, 0.2) is 0 Å². The second-order valence-electron chi connectivity index (χ2n) is 5.46. The molecule has 8 heteroatoms. The number of sulfonamides is 1. The summed E-state index contributed by atoms with van der Waals surface area (Å²) >= 11 is 5.93. The molecule has 1 aromatic carbocycles. The Morgan fingerprint density at radius 3 is 2.65 bits per heavy atom. The molecule has 0 saturated carbocycles. The maximum absolute atomic E-state index is 13.9. The minimum absolute atomic E-state index is 0.0645. The summed E-state index contributed by atoms with van der Waals surface area (Å²) in [5, 5.41) is 0.0645. The van der Waals surface area contributed by atoms with E-state index in [1.165, 1.54) is 27.4 Å². The monoisotopic (exact) mass is 362 g/mol. The summed E-state index contributed by atoms with van der Waals surface area (Å²) in [6, 6.07) is 4.10. The molecule has 5 nitrogen and oxygen atoms in total. The smallest absolute Gasteiger partial charge is 0.258 e. The third-order valence-electron chi connectivity index (χ3n) is 3.77. The molecular weight excluding hydrogens is 343 g/mol. The van der Waals surface area contributed by atoms with Crippen LogP contribution in [0.4, 0.5) is 4.39 Å². The normalized spacial score (nSPS) is 17.1. The van der Waals surface area contributed by atoms with Crippen LogP contribution in [0.1, 0.15) is 30.1 Å². The Bertz CT molecular complexity index is 661. The Kier molecular flexibility index (Phi) is 6.00. The number of carbonyl (C=O) groups is 1. The second kappa shape index (κ2) is 7.59. The number of halogens is 2. The molecule has 23 heavy (non-hydrogen) atoms. The Morgan fingerprint density at radius 1 is 1.26 bits per heavy atom. The van der Waals surface area contributed by atoms with Crippen molar-refractivity contribution in [3.63, 3.8) is 0 Å². The highest BCUT2D eigenvalue weighted by atomic mass is 35.5. The first-order chi connectivity index (χ1) is 10.9. The molecule has 1 amide bonds. The van der Waals surface area contributed by atoms with Crippen LogP contribution >= 0.6 is 11.6 Å². The zero-order valence-electron chi connectivity index (χ0n) is 13.0. The average Bonchev–Trinajstić information content (AvgIpc) is 2.73. The zero-order valence-corrected chi connectivity index (χ0v) is 14.5. The summed E-state index contributed by atoms with van der Waals surface area (Å²) in [6.45, 7) is 3.01. The fourth-order valence-corrected chi connectivity index (χ4v) is 4.41. The molecule has 1 aliphatic heterocycles. The number of rotatable bonds is 4. The Hall–Kier alpha value is -1.18. The third kappa shape index (κ3) is 4.22. The molecule has 2 rings (SSSR count). The molecule has 0 radical (unpaired) electrons.